The van der Waals surface area contributed by atoms with Crippen LogP contribution in [0, 0.1) is 5.41 Å². The number of rotatable bonds is 6. The third-order valence-corrected chi connectivity index (χ3v) is 2.06. The van der Waals surface area contributed by atoms with Gasteiger partial charge in [-0.3, -0.25) is 11.3 Å². The molecule has 1 atom stereocenters. The van der Waals surface area contributed by atoms with Gasteiger partial charge in [-0.15, -0.1) is 6.58 Å². The third kappa shape index (κ3) is 8.00. The van der Waals surface area contributed by atoms with Crippen molar-refractivity contribution in [2.75, 3.05) is 0 Å². The normalized spacial score (nSPS) is 14.2. The lowest BCUT2D eigenvalue weighted by atomic mass is 9.86. The van der Waals surface area contributed by atoms with Gasteiger partial charge in [0.05, 0.1) is 0 Å². The first-order chi connectivity index (χ1) is 5.99. The van der Waals surface area contributed by atoms with Gasteiger partial charge in [0, 0.05) is 6.04 Å². The van der Waals surface area contributed by atoms with Gasteiger partial charge in [-0.25, -0.2) is 0 Å². The Morgan fingerprint density at radius 2 is 2.08 bits per heavy atom. The summed E-state index contributed by atoms with van der Waals surface area (Å²) in [5.41, 5.74) is 3.24. The third-order valence-electron chi connectivity index (χ3n) is 2.06. The predicted octanol–water partition coefficient (Wildman–Crippen LogP) is 2.61. The molecule has 0 aliphatic rings. The van der Waals surface area contributed by atoms with Crippen molar-refractivity contribution in [3.05, 3.63) is 12.7 Å². The van der Waals surface area contributed by atoms with Crippen molar-refractivity contribution in [1.29, 1.82) is 0 Å². The largest absolute Gasteiger partial charge is 0.271 e. The van der Waals surface area contributed by atoms with Crippen molar-refractivity contribution in [2.24, 2.45) is 11.3 Å². The molecule has 0 bridgehead atoms. The molecule has 0 aromatic heterocycles. The van der Waals surface area contributed by atoms with E-state index in [0.29, 0.717) is 11.5 Å². The standard InChI is InChI=1S/C11H24N2/c1-5-6-7-8-10(13-12)9-11(2,3)4/h5,10,13H,1,6-9,12H2,2-4H3. The first-order valence-corrected chi connectivity index (χ1v) is 5.06. The second kappa shape index (κ2) is 6.17. The summed E-state index contributed by atoms with van der Waals surface area (Å²) in [6, 6.07) is 0.444. The monoisotopic (exact) mass is 184 g/mol. The first-order valence-electron chi connectivity index (χ1n) is 5.06. The zero-order chi connectivity index (χ0) is 10.3. The van der Waals surface area contributed by atoms with Crippen molar-refractivity contribution in [3.8, 4) is 0 Å². The van der Waals surface area contributed by atoms with Gasteiger partial charge in [-0.1, -0.05) is 26.8 Å². The zero-order valence-electron chi connectivity index (χ0n) is 9.27. The van der Waals surface area contributed by atoms with Crippen LogP contribution in [0.2, 0.25) is 0 Å². The van der Waals surface area contributed by atoms with Crippen LogP contribution in [-0.2, 0) is 0 Å². The minimum Gasteiger partial charge on any atom is -0.271 e. The number of hydrogen-bond acceptors (Lipinski definition) is 2. The molecular formula is C11H24N2. The lowest BCUT2D eigenvalue weighted by molar-refractivity contribution is 0.297. The highest BCUT2D eigenvalue weighted by atomic mass is 15.2. The molecule has 0 aromatic carbocycles. The molecule has 0 rings (SSSR count). The highest BCUT2D eigenvalue weighted by Gasteiger charge is 2.16. The van der Waals surface area contributed by atoms with Crippen molar-refractivity contribution in [2.45, 2.75) is 52.5 Å². The molecule has 0 saturated carbocycles. The molecule has 3 N–H and O–H groups in total. The second-order valence-electron chi connectivity index (χ2n) is 4.85. The topological polar surface area (TPSA) is 38.0 Å². The summed E-state index contributed by atoms with van der Waals surface area (Å²) < 4.78 is 0. The van der Waals surface area contributed by atoms with Crippen LogP contribution >= 0.6 is 0 Å². The first kappa shape index (κ1) is 12.7. The van der Waals surface area contributed by atoms with E-state index < -0.39 is 0 Å². The van der Waals surface area contributed by atoms with E-state index in [1.54, 1.807) is 0 Å². The smallest absolute Gasteiger partial charge is 0.0215 e. The van der Waals surface area contributed by atoms with E-state index in [0.717, 1.165) is 19.3 Å². The summed E-state index contributed by atoms with van der Waals surface area (Å²) in [5.74, 6) is 5.49. The maximum atomic E-state index is 5.49. The SMILES string of the molecule is C=CCCCC(CC(C)(C)C)NN. The molecule has 2 heteroatoms. The summed E-state index contributed by atoms with van der Waals surface area (Å²) in [4.78, 5) is 0. The van der Waals surface area contributed by atoms with E-state index >= 15 is 0 Å². The van der Waals surface area contributed by atoms with Crippen molar-refractivity contribution >= 4 is 0 Å². The Bertz CT molecular complexity index is 136. The van der Waals surface area contributed by atoms with Gasteiger partial charge in [0.1, 0.15) is 0 Å². The van der Waals surface area contributed by atoms with Gasteiger partial charge >= 0.3 is 0 Å². The van der Waals surface area contributed by atoms with Gasteiger partial charge < -0.3 is 0 Å². The van der Waals surface area contributed by atoms with Crippen molar-refractivity contribution in [3.63, 3.8) is 0 Å². The van der Waals surface area contributed by atoms with Crippen molar-refractivity contribution in [1.82, 2.24) is 5.43 Å². The molecule has 0 fully saturated rings. The predicted molar refractivity (Wildman–Crippen MR) is 59.2 cm³/mol. The summed E-state index contributed by atoms with van der Waals surface area (Å²) >= 11 is 0. The quantitative estimate of drug-likeness (QED) is 0.288. The zero-order valence-corrected chi connectivity index (χ0v) is 9.27. The fraction of sp³-hybridized carbons (Fsp3) is 0.818. The molecule has 0 amide bonds. The van der Waals surface area contributed by atoms with Crippen molar-refractivity contribution < 1.29 is 0 Å². The Kier molecular flexibility index (Phi) is 6.00. The van der Waals surface area contributed by atoms with Crippen LogP contribution in [0.1, 0.15) is 46.5 Å². The Hall–Kier alpha value is -0.340. The number of nitrogens with one attached hydrogen (secondary N) is 1. The summed E-state index contributed by atoms with van der Waals surface area (Å²) in [6.45, 7) is 10.4. The minimum absolute atomic E-state index is 0.352. The highest BCUT2D eigenvalue weighted by Crippen LogP contribution is 2.22. The molecular weight excluding hydrogens is 160 g/mol. The van der Waals surface area contributed by atoms with Gasteiger partial charge in [-0.2, -0.15) is 0 Å². The molecule has 0 aliphatic carbocycles. The van der Waals surface area contributed by atoms with Gasteiger partial charge in [0.15, 0.2) is 0 Å². The Morgan fingerprint density at radius 3 is 2.46 bits per heavy atom. The van der Waals surface area contributed by atoms with Crippen LogP contribution in [0.5, 0.6) is 0 Å². The van der Waals surface area contributed by atoms with Crippen LogP contribution in [0.25, 0.3) is 0 Å². The van der Waals surface area contributed by atoms with Crippen LogP contribution in [0.3, 0.4) is 0 Å². The van der Waals surface area contributed by atoms with Gasteiger partial charge in [-0.05, 0) is 31.1 Å². The maximum absolute atomic E-state index is 5.49. The average molecular weight is 184 g/mol. The Balaban J connectivity index is 3.69. The molecule has 78 valence electrons. The molecule has 0 saturated heterocycles. The van der Waals surface area contributed by atoms with Gasteiger partial charge in [0.25, 0.3) is 0 Å². The summed E-state index contributed by atoms with van der Waals surface area (Å²) in [5, 5.41) is 0. The van der Waals surface area contributed by atoms with Crippen LogP contribution < -0.4 is 11.3 Å². The molecule has 0 aromatic rings. The molecule has 0 radical (unpaired) electrons. The van der Waals surface area contributed by atoms with E-state index in [4.69, 9.17) is 5.84 Å². The number of nitrogens with two attached hydrogens (primary N) is 1. The number of allylic oxidation sites excluding steroid dienone is 1. The van der Waals surface area contributed by atoms with Crippen LogP contribution in [0.15, 0.2) is 12.7 Å². The van der Waals surface area contributed by atoms with Gasteiger partial charge in [0.2, 0.25) is 0 Å². The number of hydrogen-bond donors (Lipinski definition) is 2. The molecule has 13 heavy (non-hydrogen) atoms. The summed E-state index contributed by atoms with van der Waals surface area (Å²) in [7, 11) is 0. The van der Waals surface area contributed by atoms with E-state index in [-0.39, 0.29) is 0 Å². The number of hydrazine groups is 1. The Morgan fingerprint density at radius 1 is 1.46 bits per heavy atom. The van der Waals surface area contributed by atoms with Crippen LogP contribution in [-0.4, -0.2) is 6.04 Å². The molecule has 1 unspecified atom stereocenters. The Labute approximate surface area is 82.6 Å². The average Bonchev–Trinajstić information content (AvgIpc) is 2.01. The number of unbranched alkanes of at least 4 members (excludes halogenated alkanes) is 1. The fourth-order valence-corrected chi connectivity index (χ4v) is 1.49. The maximum Gasteiger partial charge on any atom is 0.0215 e. The molecule has 0 aliphatic heterocycles. The van der Waals surface area contributed by atoms with E-state index in [1.165, 1.54) is 6.42 Å². The molecule has 2 nitrogen and oxygen atoms in total. The lowest BCUT2D eigenvalue weighted by Crippen LogP contribution is -2.37. The summed E-state index contributed by atoms with van der Waals surface area (Å²) in [6.07, 6.45) is 6.49. The highest BCUT2D eigenvalue weighted by molar-refractivity contribution is 4.74. The van der Waals surface area contributed by atoms with Crippen LogP contribution in [0.4, 0.5) is 0 Å². The fourth-order valence-electron chi connectivity index (χ4n) is 1.49. The molecule has 0 heterocycles. The minimum atomic E-state index is 0.352. The van der Waals surface area contributed by atoms with E-state index in [9.17, 15) is 0 Å². The lowest BCUT2D eigenvalue weighted by Gasteiger charge is -2.25. The molecule has 0 spiro atoms. The second-order valence-corrected chi connectivity index (χ2v) is 4.85. The van der Waals surface area contributed by atoms with E-state index in [2.05, 4.69) is 32.8 Å². The van der Waals surface area contributed by atoms with E-state index in [1.807, 2.05) is 6.08 Å².